The molecule has 0 aliphatic rings. The maximum atomic E-state index is 13.0. The van der Waals surface area contributed by atoms with Crippen LogP contribution in [0.25, 0.3) is 0 Å². The number of amides is 3. The molecule has 3 amide bonds. The number of halogens is 1. The summed E-state index contributed by atoms with van der Waals surface area (Å²) in [4.78, 5) is 39.6. The Morgan fingerprint density at radius 2 is 1.49 bits per heavy atom. The average Bonchev–Trinajstić information content (AvgIpc) is 2.92. The molecule has 2 unspecified atom stereocenters. The van der Waals surface area contributed by atoms with E-state index in [0.29, 0.717) is 36.3 Å². The van der Waals surface area contributed by atoms with Gasteiger partial charge in [0.25, 0.3) is 11.8 Å². The van der Waals surface area contributed by atoms with Crippen molar-refractivity contribution >= 4 is 23.4 Å². The van der Waals surface area contributed by atoms with E-state index in [4.69, 9.17) is 5.73 Å². The Balaban J connectivity index is 0.00000139. The van der Waals surface area contributed by atoms with Crippen molar-refractivity contribution in [3.05, 3.63) is 65.5 Å². The van der Waals surface area contributed by atoms with Crippen molar-refractivity contribution in [1.29, 1.82) is 0 Å². The van der Waals surface area contributed by atoms with Crippen LogP contribution in [0.15, 0.2) is 48.5 Å². The monoisotopic (exact) mass is 542 g/mol. The zero-order chi connectivity index (χ0) is 29.4. The van der Waals surface area contributed by atoms with E-state index in [9.17, 15) is 18.8 Å². The van der Waals surface area contributed by atoms with E-state index in [-0.39, 0.29) is 30.1 Å². The minimum atomic E-state index is -0.438. The van der Waals surface area contributed by atoms with Gasteiger partial charge >= 0.3 is 0 Å². The number of hydrogen-bond donors (Lipinski definition) is 3. The smallest absolute Gasteiger partial charge is 0.253 e. The molecule has 2 atom stereocenters. The fourth-order valence-electron chi connectivity index (χ4n) is 3.60. The molecule has 0 aromatic heterocycles. The first-order valence-electron chi connectivity index (χ1n) is 14.0. The molecule has 2 aromatic rings. The highest BCUT2D eigenvalue weighted by atomic mass is 19.1. The molecule has 216 valence electrons. The summed E-state index contributed by atoms with van der Waals surface area (Å²) in [6.07, 6.45) is 3.39. The molecule has 0 saturated heterocycles. The molecule has 0 heterocycles. The van der Waals surface area contributed by atoms with E-state index < -0.39 is 12.0 Å². The standard InChI is InChI=1S/C26H35FN4O3.C5H12/c1-4-13-31(14-5-2)26(34)20-8-6-7-19(16-20)25(33)29-17-22(28)15-18(3)24(32)30-23-11-9-21(27)10-12-23;1-4-5(2)3/h6-12,16,18,22H,4-5,13-15,17,28H2,1-3H3,(H,29,33)(H,30,32);5H,4H2,1-3H3. The first-order valence-corrected chi connectivity index (χ1v) is 14.0. The van der Waals surface area contributed by atoms with Crippen LogP contribution in [0.3, 0.4) is 0 Å². The summed E-state index contributed by atoms with van der Waals surface area (Å²) in [7, 11) is 0. The summed E-state index contributed by atoms with van der Waals surface area (Å²) >= 11 is 0. The Morgan fingerprint density at radius 3 is 2.03 bits per heavy atom. The lowest BCUT2D eigenvalue weighted by Gasteiger charge is -2.21. The van der Waals surface area contributed by atoms with Gasteiger partial charge in [-0.05, 0) is 67.6 Å². The molecule has 0 spiro atoms. The van der Waals surface area contributed by atoms with Crippen LogP contribution in [0.1, 0.15) is 87.9 Å². The van der Waals surface area contributed by atoms with Gasteiger partial charge in [-0.3, -0.25) is 14.4 Å². The maximum Gasteiger partial charge on any atom is 0.253 e. The van der Waals surface area contributed by atoms with Gasteiger partial charge in [-0.2, -0.15) is 0 Å². The van der Waals surface area contributed by atoms with E-state index in [2.05, 4.69) is 31.4 Å². The number of hydrogen-bond acceptors (Lipinski definition) is 4. The largest absolute Gasteiger partial charge is 0.350 e. The van der Waals surface area contributed by atoms with E-state index in [0.717, 1.165) is 18.8 Å². The lowest BCUT2D eigenvalue weighted by atomic mass is 10.0. The van der Waals surface area contributed by atoms with E-state index in [1.807, 2.05) is 13.8 Å². The quantitative estimate of drug-likeness (QED) is 0.295. The van der Waals surface area contributed by atoms with E-state index in [1.165, 1.54) is 30.7 Å². The molecular weight excluding hydrogens is 495 g/mol. The minimum absolute atomic E-state index is 0.0870. The minimum Gasteiger partial charge on any atom is -0.350 e. The maximum absolute atomic E-state index is 13.0. The Hall–Kier alpha value is -3.26. The number of carbonyl (C=O) groups is 3. The summed E-state index contributed by atoms with van der Waals surface area (Å²) < 4.78 is 13.0. The molecular formula is C31H47FN4O3. The molecule has 0 aliphatic carbocycles. The third-order valence-electron chi connectivity index (χ3n) is 6.20. The third kappa shape index (κ3) is 12.9. The summed E-state index contributed by atoms with van der Waals surface area (Å²) in [6.45, 7) is 14.0. The van der Waals surface area contributed by atoms with Gasteiger partial charge in [-0.15, -0.1) is 0 Å². The number of anilines is 1. The van der Waals surface area contributed by atoms with Gasteiger partial charge in [-0.25, -0.2) is 4.39 Å². The molecule has 0 radical (unpaired) electrons. The number of nitrogens with one attached hydrogen (secondary N) is 2. The Bertz CT molecular complexity index is 1020. The first kappa shape index (κ1) is 33.8. The van der Waals surface area contributed by atoms with Crippen molar-refractivity contribution in [2.45, 2.75) is 73.3 Å². The van der Waals surface area contributed by atoms with E-state index >= 15 is 0 Å². The zero-order valence-corrected chi connectivity index (χ0v) is 24.4. The second-order valence-electron chi connectivity index (χ2n) is 10.3. The topological polar surface area (TPSA) is 105 Å². The molecule has 2 aromatic carbocycles. The van der Waals surface area contributed by atoms with Crippen LogP contribution in [-0.4, -0.2) is 48.3 Å². The predicted octanol–water partition coefficient (Wildman–Crippen LogP) is 5.86. The van der Waals surface area contributed by atoms with Crippen LogP contribution >= 0.6 is 0 Å². The Morgan fingerprint density at radius 1 is 0.923 bits per heavy atom. The number of nitrogens with zero attached hydrogens (tertiary/aromatic N) is 1. The van der Waals surface area contributed by atoms with Crippen LogP contribution in [-0.2, 0) is 4.79 Å². The number of carbonyl (C=O) groups excluding carboxylic acids is 3. The molecule has 39 heavy (non-hydrogen) atoms. The molecule has 0 fully saturated rings. The molecule has 0 saturated carbocycles. The molecule has 4 N–H and O–H groups in total. The highest BCUT2D eigenvalue weighted by Gasteiger charge is 2.19. The van der Waals surface area contributed by atoms with Crippen molar-refractivity contribution in [3.63, 3.8) is 0 Å². The van der Waals surface area contributed by atoms with Gasteiger partial charge in [0.1, 0.15) is 5.82 Å². The van der Waals surface area contributed by atoms with Crippen LogP contribution in [0.2, 0.25) is 0 Å². The lowest BCUT2D eigenvalue weighted by molar-refractivity contribution is -0.119. The normalized spacial score (nSPS) is 12.1. The SMILES string of the molecule is CCC(C)C.CCCN(CCC)C(=O)c1cccc(C(=O)NCC(N)CC(C)C(=O)Nc2ccc(F)cc2)c1. The Kier molecular flexibility index (Phi) is 15.7. The van der Waals surface area contributed by atoms with Gasteiger partial charge in [0, 0.05) is 48.4 Å². The van der Waals surface area contributed by atoms with Crippen molar-refractivity contribution in [1.82, 2.24) is 10.2 Å². The van der Waals surface area contributed by atoms with Crippen molar-refractivity contribution < 1.29 is 18.8 Å². The van der Waals surface area contributed by atoms with Crippen LogP contribution in [0.5, 0.6) is 0 Å². The predicted molar refractivity (Wildman–Crippen MR) is 157 cm³/mol. The highest BCUT2D eigenvalue weighted by molar-refractivity contribution is 5.99. The summed E-state index contributed by atoms with van der Waals surface area (Å²) in [5.74, 6) is -0.542. The fourth-order valence-corrected chi connectivity index (χ4v) is 3.60. The lowest BCUT2D eigenvalue weighted by Crippen LogP contribution is -2.39. The van der Waals surface area contributed by atoms with Crippen LogP contribution in [0.4, 0.5) is 10.1 Å². The average molecular weight is 543 g/mol. The number of nitrogens with two attached hydrogens (primary N) is 1. The van der Waals surface area contributed by atoms with Gasteiger partial charge in [0.15, 0.2) is 0 Å². The number of benzene rings is 2. The fraction of sp³-hybridized carbons (Fsp3) is 0.516. The number of rotatable bonds is 13. The van der Waals surface area contributed by atoms with Crippen LogP contribution in [0, 0.1) is 17.7 Å². The van der Waals surface area contributed by atoms with Gasteiger partial charge < -0.3 is 21.3 Å². The summed E-state index contributed by atoms with van der Waals surface area (Å²) in [6, 6.07) is 11.7. The third-order valence-corrected chi connectivity index (χ3v) is 6.20. The van der Waals surface area contributed by atoms with Gasteiger partial charge in [0.05, 0.1) is 0 Å². The zero-order valence-electron chi connectivity index (χ0n) is 24.4. The first-order chi connectivity index (χ1) is 18.5. The van der Waals surface area contributed by atoms with Gasteiger partial charge in [0.2, 0.25) is 5.91 Å². The molecule has 8 heteroatoms. The molecule has 0 bridgehead atoms. The summed E-state index contributed by atoms with van der Waals surface area (Å²) in [5, 5.41) is 5.51. The molecule has 2 rings (SSSR count). The van der Waals surface area contributed by atoms with Crippen molar-refractivity contribution in [3.8, 4) is 0 Å². The summed E-state index contributed by atoms with van der Waals surface area (Å²) in [5.41, 5.74) is 7.50. The second-order valence-corrected chi connectivity index (χ2v) is 10.3. The van der Waals surface area contributed by atoms with Crippen molar-refractivity contribution in [2.75, 3.05) is 25.0 Å². The highest BCUT2D eigenvalue weighted by Crippen LogP contribution is 2.13. The Labute approximate surface area is 233 Å². The molecule has 7 nitrogen and oxygen atoms in total. The second kappa shape index (κ2) is 18.1. The van der Waals surface area contributed by atoms with Crippen molar-refractivity contribution in [2.24, 2.45) is 17.6 Å². The van der Waals surface area contributed by atoms with E-state index in [1.54, 1.807) is 36.1 Å². The van der Waals surface area contributed by atoms with Crippen LogP contribution < -0.4 is 16.4 Å². The molecule has 0 aliphatic heterocycles. The van der Waals surface area contributed by atoms with Gasteiger partial charge in [-0.1, -0.05) is 54.0 Å².